The van der Waals surface area contributed by atoms with E-state index in [-0.39, 0.29) is 28.3 Å². The van der Waals surface area contributed by atoms with Gasteiger partial charge in [-0.15, -0.1) is 0 Å². The van der Waals surface area contributed by atoms with Gasteiger partial charge >= 0.3 is 0 Å². The number of ether oxygens (including phenoxy) is 1. The topological polar surface area (TPSA) is 81.4 Å². The number of methoxy groups -OCH3 is 1. The van der Waals surface area contributed by atoms with Gasteiger partial charge in [-0.2, -0.15) is 0 Å². The molecule has 0 aliphatic rings. The van der Waals surface area contributed by atoms with Gasteiger partial charge in [0.05, 0.1) is 17.7 Å². The first kappa shape index (κ1) is 16.7. The molecule has 0 saturated carbocycles. The fourth-order valence-corrected chi connectivity index (χ4v) is 2.75. The van der Waals surface area contributed by atoms with Crippen LogP contribution in [0.2, 0.25) is 0 Å². The van der Waals surface area contributed by atoms with E-state index in [1.165, 1.54) is 13.2 Å². The number of sulfonamides is 1. The Labute approximate surface area is 119 Å². The third-order valence-corrected chi connectivity index (χ3v) is 4.64. The summed E-state index contributed by atoms with van der Waals surface area (Å²) in [4.78, 5) is -0.208. The standard InChI is InChI=1S/C13H21FN2O3S/c1-5-13(2,3)8-16-20(17,18)9-6-10(14)12(19-4)11(15)7-9/h6-7,16H,5,8,15H2,1-4H3. The van der Waals surface area contributed by atoms with E-state index in [9.17, 15) is 12.8 Å². The highest BCUT2D eigenvalue weighted by atomic mass is 32.2. The van der Waals surface area contributed by atoms with E-state index >= 15 is 0 Å². The van der Waals surface area contributed by atoms with Gasteiger partial charge in [0.25, 0.3) is 0 Å². The fourth-order valence-electron chi connectivity index (χ4n) is 1.46. The fraction of sp³-hybridized carbons (Fsp3) is 0.538. The minimum Gasteiger partial charge on any atom is -0.492 e. The molecule has 3 N–H and O–H groups in total. The first-order valence-electron chi connectivity index (χ1n) is 6.25. The normalized spacial score (nSPS) is 12.4. The number of benzene rings is 1. The van der Waals surface area contributed by atoms with Crippen LogP contribution in [0.15, 0.2) is 17.0 Å². The van der Waals surface area contributed by atoms with Crippen molar-refractivity contribution in [2.45, 2.75) is 32.1 Å². The van der Waals surface area contributed by atoms with Crippen molar-refractivity contribution in [3.63, 3.8) is 0 Å². The van der Waals surface area contributed by atoms with Crippen molar-refractivity contribution in [3.8, 4) is 5.75 Å². The van der Waals surface area contributed by atoms with E-state index in [1.54, 1.807) is 0 Å². The molecule has 0 aromatic heterocycles. The lowest BCUT2D eigenvalue weighted by atomic mass is 9.91. The van der Waals surface area contributed by atoms with Crippen LogP contribution in [0, 0.1) is 11.2 Å². The summed E-state index contributed by atoms with van der Waals surface area (Å²) < 4.78 is 45.2. The second-order valence-electron chi connectivity index (χ2n) is 5.37. The number of nitrogens with two attached hydrogens (primary N) is 1. The zero-order valence-electron chi connectivity index (χ0n) is 12.2. The molecule has 0 bridgehead atoms. The van der Waals surface area contributed by atoms with Crippen molar-refractivity contribution < 1.29 is 17.5 Å². The van der Waals surface area contributed by atoms with Gasteiger partial charge in [-0.3, -0.25) is 0 Å². The van der Waals surface area contributed by atoms with E-state index in [4.69, 9.17) is 10.5 Å². The summed E-state index contributed by atoms with van der Waals surface area (Å²) in [5, 5.41) is 0. The summed E-state index contributed by atoms with van der Waals surface area (Å²) in [6.45, 7) is 6.12. The third kappa shape index (κ3) is 3.83. The molecule has 7 heteroatoms. The Hall–Kier alpha value is -1.34. The highest BCUT2D eigenvalue weighted by Gasteiger charge is 2.23. The number of nitrogens with one attached hydrogen (secondary N) is 1. The van der Waals surface area contributed by atoms with E-state index in [1.807, 2.05) is 20.8 Å². The Kier molecular flexibility index (Phi) is 4.99. The summed E-state index contributed by atoms with van der Waals surface area (Å²) in [6.07, 6.45) is 0.814. The minimum absolute atomic E-state index is 0.0531. The predicted octanol–water partition coefficient (Wildman–Crippen LogP) is 2.13. The molecule has 0 radical (unpaired) electrons. The third-order valence-electron chi connectivity index (χ3n) is 3.26. The predicted molar refractivity (Wildman–Crippen MR) is 76.6 cm³/mol. The Bertz CT molecular complexity index is 562. The van der Waals surface area contributed by atoms with Crippen LogP contribution in [-0.2, 0) is 10.0 Å². The Morgan fingerprint density at radius 2 is 2.00 bits per heavy atom. The Morgan fingerprint density at radius 3 is 2.45 bits per heavy atom. The quantitative estimate of drug-likeness (QED) is 0.789. The molecule has 0 fully saturated rings. The molecule has 0 atom stereocenters. The van der Waals surface area contributed by atoms with Crippen molar-refractivity contribution in [2.24, 2.45) is 5.41 Å². The van der Waals surface area contributed by atoms with E-state index < -0.39 is 15.8 Å². The van der Waals surface area contributed by atoms with Gasteiger partial charge in [0.15, 0.2) is 11.6 Å². The van der Waals surface area contributed by atoms with E-state index in [0.29, 0.717) is 0 Å². The molecule has 0 amide bonds. The average molecular weight is 304 g/mol. The van der Waals surface area contributed by atoms with Gasteiger partial charge in [-0.05, 0) is 24.0 Å². The molecule has 0 spiro atoms. The van der Waals surface area contributed by atoms with Crippen LogP contribution in [0.5, 0.6) is 5.75 Å². The van der Waals surface area contributed by atoms with Crippen molar-refractivity contribution in [2.75, 3.05) is 19.4 Å². The molecule has 1 aromatic rings. The number of rotatable bonds is 6. The average Bonchev–Trinajstić information content (AvgIpc) is 2.36. The first-order chi connectivity index (χ1) is 9.13. The first-order valence-corrected chi connectivity index (χ1v) is 7.74. The van der Waals surface area contributed by atoms with Crippen LogP contribution in [0.4, 0.5) is 10.1 Å². The molecule has 0 aliphatic heterocycles. The summed E-state index contributed by atoms with van der Waals surface area (Å²) in [5.41, 5.74) is 5.35. The number of halogens is 1. The maximum atomic E-state index is 13.7. The van der Waals surface area contributed by atoms with Crippen molar-refractivity contribution in [1.82, 2.24) is 4.72 Å². The van der Waals surface area contributed by atoms with Crippen LogP contribution in [0.25, 0.3) is 0 Å². The molecule has 20 heavy (non-hydrogen) atoms. The molecule has 0 unspecified atom stereocenters. The molecular formula is C13H21FN2O3S. The minimum atomic E-state index is -3.80. The lowest BCUT2D eigenvalue weighted by Gasteiger charge is -2.22. The van der Waals surface area contributed by atoms with Gasteiger partial charge in [0.1, 0.15) is 0 Å². The smallest absolute Gasteiger partial charge is 0.240 e. The molecule has 0 heterocycles. The van der Waals surface area contributed by atoms with Crippen molar-refractivity contribution >= 4 is 15.7 Å². The van der Waals surface area contributed by atoms with Crippen LogP contribution >= 0.6 is 0 Å². The molecule has 1 aromatic carbocycles. The lowest BCUT2D eigenvalue weighted by molar-refractivity contribution is 0.350. The van der Waals surface area contributed by atoms with E-state index in [0.717, 1.165) is 12.5 Å². The number of nitrogen functional groups attached to an aromatic ring is 1. The van der Waals surface area contributed by atoms with Gasteiger partial charge in [-0.1, -0.05) is 20.8 Å². The molecular weight excluding hydrogens is 283 g/mol. The zero-order chi connectivity index (χ0) is 15.6. The molecule has 114 valence electrons. The molecule has 1 rings (SSSR count). The maximum absolute atomic E-state index is 13.7. The number of hydrogen-bond acceptors (Lipinski definition) is 4. The second-order valence-corrected chi connectivity index (χ2v) is 7.14. The largest absolute Gasteiger partial charge is 0.492 e. The maximum Gasteiger partial charge on any atom is 0.240 e. The van der Waals surface area contributed by atoms with Gasteiger partial charge in [-0.25, -0.2) is 17.5 Å². The van der Waals surface area contributed by atoms with Crippen molar-refractivity contribution in [3.05, 3.63) is 17.9 Å². The zero-order valence-corrected chi connectivity index (χ0v) is 13.0. The molecule has 0 aliphatic carbocycles. The van der Waals surface area contributed by atoms with Gasteiger partial charge in [0.2, 0.25) is 10.0 Å². The summed E-state index contributed by atoms with van der Waals surface area (Å²) in [7, 11) is -2.53. The summed E-state index contributed by atoms with van der Waals surface area (Å²) in [6, 6.07) is 2.08. The highest BCUT2D eigenvalue weighted by molar-refractivity contribution is 7.89. The Balaban J connectivity index is 3.05. The van der Waals surface area contributed by atoms with E-state index in [2.05, 4.69) is 4.72 Å². The van der Waals surface area contributed by atoms with Crippen LogP contribution in [0.1, 0.15) is 27.2 Å². The highest BCUT2D eigenvalue weighted by Crippen LogP contribution is 2.28. The SMILES string of the molecule is CCC(C)(C)CNS(=O)(=O)c1cc(N)c(OC)c(F)c1. The second kappa shape index (κ2) is 5.97. The monoisotopic (exact) mass is 304 g/mol. The van der Waals surface area contributed by atoms with Gasteiger partial charge in [0, 0.05) is 6.54 Å². The van der Waals surface area contributed by atoms with Crippen LogP contribution in [-0.4, -0.2) is 22.1 Å². The van der Waals surface area contributed by atoms with Crippen LogP contribution < -0.4 is 15.2 Å². The summed E-state index contributed by atoms with van der Waals surface area (Å²) in [5.74, 6) is -0.958. The molecule has 0 saturated heterocycles. The van der Waals surface area contributed by atoms with Crippen molar-refractivity contribution in [1.29, 1.82) is 0 Å². The van der Waals surface area contributed by atoms with Gasteiger partial charge < -0.3 is 10.5 Å². The number of anilines is 1. The van der Waals surface area contributed by atoms with Crippen LogP contribution in [0.3, 0.4) is 0 Å². The molecule has 5 nitrogen and oxygen atoms in total. The lowest BCUT2D eigenvalue weighted by Crippen LogP contribution is -2.33. The number of hydrogen-bond donors (Lipinski definition) is 2. The summed E-state index contributed by atoms with van der Waals surface area (Å²) >= 11 is 0. The Morgan fingerprint density at radius 1 is 1.40 bits per heavy atom.